The normalized spacial score (nSPS) is 34.0. The summed E-state index contributed by atoms with van der Waals surface area (Å²) in [5.74, 6) is 0.102. The van der Waals surface area contributed by atoms with E-state index < -0.39 is 0 Å². The molecule has 3 atom stereocenters. The van der Waals surface area contributed by atoms with Crippen LogP contribution < -0.4 is 10.6 Å². The SMILES string of the molecule is C[C@H]1OCCN[C@@H]1C(=O)NC1CCN(C2CC2)C1.Cl.Cl. The van der Waals surface area contributed by atoms with Crippen molar-refractivity contribution < 1.29 is 9.53 Å². The van der Waals surface area contributed by atoms with Crippen LogP contribution >= 0.6 is 24.8 Å². The van der Waals surface area contributed by atoms with Crippen molar-refractivity contribution in [2.75, 3.05) is 26.2 Å². The third-order valence-corrected chi connectivity index (χ3v) is 4.23. The molecule has 2 heterocycles. The monoisotopic (exact) mass is 325 g/mol. The van der Waals surface area contributed by atoms with Crippen molar-refractivity contribution in [3.8, 4) is 0 Å². The van der Waals surface area contributed by atoms with Crippen molar-refractivity contribution in [1.82, 2.24) is 15.5 Å². The molecule has 0 radical (unpaired) electrons. The van der Waals surface area contributed by atoms with Crippen molar-refractivity contribution in [2.24, 2.45) is 0 Å². The van der Waals surface area contributed by atoms with Crippen LogP contribution in [0.25, 0.3) is 0 Å². The van der Waals surface area contributed by atoms with Gasteiger partial charge in [0.25, 0.3) is 0 Å². The Morgan fingerprint density at radius 2 is 2.05 bits per heavy atom. The standard InChI is InChI=1S/C13H23N3O2.2ClH/c1-9-12(14-5-7-18-9)13(17)15-10-4-6-16(8-10)11-2-3-11;;/h9-12,14H,2-8H2,1H3,(H,15,17);2*1H/t9-,10?,12+;;/m1../s1. The van der Waals surface area contributed by atoms with E-state index >= 15 is 0 Å². The van der Waals surface area contributed by atoms with Gasteiger partial charge in [0.05, 0.1) is 12.7 Å². The van der Waals surface area contributed by atoms with Gasteiger partial charge in [0.1, 0.15) is 6.04 Å². The third-order valence-electron chi connectivity index (χ3n) is 4.23. The number of amides is 1. The Balaban J connectivity index is 0.000001000. The van der Waals surface area contributed by atoms with Gasteiger partial charge in [0.15, 0.2) is 0 Å². The molecule has 0 spiro atoms. The van der Waals surface area contributed by atoms with Gasteiger partial charge in [0, 0.05) is 31.7 Å². The van der Waals surface area contributed by atoms with Gasteiger partial charge in [0.2, 0.25) is 5.91 Å². The summed E-state index contributed by atoms with van der Waals surface area (Å²) in [5.41, 5.74) is 0. The number of nitrogens with zero attached hydrogens (tertiary/aromatic N) is 1. The van der Waals surface area contributed by atoms with E-state index in [1.54, 1.807) is 0 Å². The van der Waals surface area contributed by atoms with Gasteiger partial charge in [-0.25, -0.2) is 0 Å². The second kappa shape index (κ2) is 7.80. The van der Waals surface area contributed by atoms with Gasteiger partial charge in [-0.15, -0.1) is 24.8 Å². The van der Waals surface area contributed by atoms with E-state index in [9.17, 15) is 4.79 Å². The Hall–Kier alpha value is -0.0700. The highest BCUT2D eigenvalue weighted by Crippen LogP contribution is 2.29. The Labute approximate surface area is 133 Å². The highest BCUT2D eigenvalue weighted by Gasteiger charge is 2.36. The van der Waals surface area contributed by atoms with Gasteiger partial charge in [-0.05, 0) is 26.2 Å². The molecule has 118 valence electrons. The van der Waals surface area contributed by atoms with Crippen LogP contribution in [-0.4, -0.2) is 61.3 Å². The van der Waals surface area contributed by atoms with E-state index in [1.807, 2.05) is 6.92 Å². The van der Waals surface area contributed by atoms with Crippen molar-refractivity contribution in [1.29, 1.82) is 0 Å². The zero-order chi connectivity index (χ0) is 12.5. The summed E-state index contributed by atoms with van der Waals surface area (Å²) in [6.07, 6.45) is 3.75. The first-order chi connectivity index (χ1) is 8.74. The summed E-state index contributed by atoms with van der Waals surface area (Å²) in [6, 6.07) is 0.949. The number of carbonyl (C=O) groups excluding carboxylic acids is 1. The lowest BCUT2D eigenvalue weighted by molar-refractivity contribution is -0.129. The third kappa shape index (κ3) is 4.21. The second-order valence-corrected chi connectivity index (χ2v) is 5.73. The zero-order valence-electron chi connectivity index (χ0n) is 11.8. The number of halogens is 2. The van der Waals surface area contributed by atoms with E-state index in [-0.39, 0.29) is 42.9 Å². The Bertz CT molecular complexity index is 329. The zero-order valence-corrected chi connectivity index (χ0v) is 13.5. The summed E-state index contributed by atoms with van der Waals surface area (Å²) < 4.78 is 5.51. The number of likely N-dealkylation sites (tertiary alicyclic amines) is 1. The summed E-state index contributed by atoms with van der Waals surface area (Å²) in [6.45, 7) is 5.59. The fourth-order valence-electron chi connectivity index (χ4n) is 2.99. The van der Waals surface area contributed by atoms with E-state index in [0.29, 0.717) is 12.6 Å². The first-order valence-electron chi connectivity index (χ1n) is 7.13. The lowest BCUT2D eigenvalue weighted by atomic mass is 10.1. The lowest BCUT2D eigenvalue weighted by Gasteiger charge is -2.30. The van der Waals surface area contributed by atoms with Crippen LogP contribution in [0.2, 0.25) is 0 Å². The molecule has 0 aromatic heterocycles. The van der Waals surface area contributed by atoms with Gasteiger partial charge < -0.3 is 15.4 Å². The topological polar surface area (TPSA) is 53.6 Å². The summed E-state index contributed by atoms with van der Waals surface area (Å²) >= 11 is 0. The Kier molecular flexibility index (Phi) is 7.01. The molecule has 0 aromatic carbocycles. The summed E-state index contributed by atoms with van der Waals surface area (Å²) in [4.78, 5) is 14.7. The smallest absolute Gasteiger partial charge is 0.240 e. The van der Waals surface area contributed by atoms with Gasteiger partial charge in [-0.2, -0.15) is 0 Å². The highest BCUT2D eigenvalue weighted by molar-refractivity contribution is 5.85. The first-order valence-corrected chi connectivity index (χ1v) is 7.13. The highest BCUT2D eigenvalue weighted by atomic mass is 35.5. The fraction of sp³-hybridized carbons (Fsp3) is 0.923. The Morgan fingerprint density at radius 3 is 2.70 bits per heavy atom. The lowest BCUT2D eigenvalue weighted by Crippen LogP contribution is -2.57. The van der Waals surface area contributed by atoms with Crippen LogP contribution in [0.15, 0.2) is 0 Å². The molecule has 2 N–H and O–H groups in total. The maximum atomic E-state index is 12.2. The molecule has 2 aliphatic heterocycles. The quantitative estimate of drug-likeness (QED) is 0.796. The van der Waals surface area contributed by atoms with Crippen molar-refractivity contribution in [3.05, 3.63) is 0 Å². The van der Waals surface area contributed by atoms with Crippen molar-refractivity contribution in [2.45, 2.75) is 50.4 Å². The van der Waals surface area contributed by atoms with Crippen LogP contribution in [-0.2, 0) is 9.53 Å². The number of ether oxygens (including phenoxy) is 1. The predicted octanol–water partition coefficient (Wildman–Crippen LogP) is 0.560. The molecule has 3 fully saturated rings. The predicted molar refractivity (Wildman–Crippen MR) is 82.8 cm³/mol. The van der Waals surface area contributed by atoms with Gasteiger partial charge >= 0.3 is 0 Å². The van der Waals surface area contributed by atoms with E-state index in [1.165, 1.54) is 12.8 Å². The number of morpholine rings is 1. The fourth-order valence-corrected chi connectivity index (χ4v) is 2.99. The van der Waals surface area contributed by atoms with E-state index in [2.05, 4.69) is 15.5 Å². The van der Waals surface area contributed by atoms with Gasteiger partial charge in [-0.3, -0.25) is 9.69 Å². The molecule has 0 bridgehead atoms. The first kappa shape index (κ1) is 18.0. The molecule has 1 saturated carbocycles. The van der Waals surface area contributed by atoms with Crippen molar-refractivity contribution in [3.63, 3.8) is 0 Å². The maximum absolute atomic E-state index is 12.2. The Morgan fingerprint density at radius 1 is 1.30 bits per heavy atom. The molecule has 20 heavy (non-hydrogen) atoms. The van der Waals surface area contributed by atoms with E-state index in [0.717, 1.165) is 32.1 Å². The largest absolute Gasteiger partial charge is 0.375 e. The molecule has 1 unspecified atom stereocenters. The van der Waals surface area contributed by atoms with Crippen LogP contribution in [0.4, 0.5) is 0 Å². The molecule has 0 aromatic rings. The number of hydrogen-bond acceptors (Lipinski definition) is 4. The molecule has 2 saturated heterocycles. The van der Waals surface area contributed by atoms with E-state index in [4.69, 9.17) is 4.74 Å². The summed E-state index contributed by atoms with van der Waals surface area (Å²) in [7, 11) is 0. The number of rotatable bonds is 3. The minimum atomic E-state index is -0.186. The molecule has 1 amide bonds. The molecular formula is C13H25Cl2N3O2. The molecule has 3 aliphatic rings. The van der Waals surface area contributed by atoms with Crippen LogP contribution in [0, 0.1) is 0 Å². The van der Waals surface area contributed by atoms with Crippen molar-refractivity contribution >= 4 is 30.7 Å². The number of carbonyl (C=O) groups is 1. The minimum absolute atomic E-state index is 0. The molecule has 3 rings (SSSR count). The van der Waals surface area contributed by atoms with Crippen LogP contribution in [0.1, 0.15) is 26.2 Å². The average molecular weight is 326 g/mol. The number of hydrogen-bond donors (Lipinski definition) is 2. The maximum Gasteiger partial charge on any atom is 0.240 e. The number of nitrogens with one attached hydrogen (secondary N) is 2. The molecule has 5 nitrogen and oxygen atoms in total. The second-order valence-electron chi connectivity index (χ2n) is 5.73. The molecule has 1 aliphatic carbocycles. The van der Waals surface area contributed by atoms with Crippen LogP contribution in [0.3, 0.4) is 0 Å². The minimum Gasteiger partial charge on any atom is -0.375 e. The average Bonchev–Trinajstić information content (AvgIpc) is 3.11. The van der Waals surface area contributed by atoms with Crippen LogP contribution in [0.5, 0.6) is 0 Å². The summed E-state index contributed by atoms with van der Waals surface area (Å²) in [5, 5.41) is 6.41. The van der Waals surface area contributed by atoms with Gasteiger partial charge in [-0.1, -0.05) is 0 Å². The molecule has 7 heteroatoms. The molecular weight excluding hydrogens is 301 g/mol.